The maximum Gasteiger partial charge on any atom is 2.00 e. The number of aromatic nitrogens is 4. The molecule has 0 aliphatic carbocycles. The summed E-state index contributed by atoms with van der Waals surface area (Å²) >= 11 is 0. The Labute approximate surface area is 296 Å². The molecule has 0 amide bonds. The van der Waals surface area contributed by atoms with Gasteiger partial charge in [-0.1, -0.05) is 56.6 Å². The number of hydrogen-bond donors (Lipinski definition) is 0. The Balaban J connectivity index is 0.00000401. The first kappa shape index (κ1) is 33.2. The summed E-state index contributed by atoms with van der Waals surface area (Å²) in [7, 11) is 1.69. The predicted octanol–water partition coefficient (Wildman–Crippen LogP) is 10.0. The van der Waals surface area contributed by atoms with Crippen LogP contribution in [0.5, 0.6) is 17.2 Å². The third-order valence-corrected chi connectivity index (χ3v) is 8.61. The topological polar surface area (TPSA) is 54.1 Å². The van der Waals surface area contributed by atoms with Crippen LogP contribution in [0.15, 0.2) is 97.2 Å². The number of pyridine rings is 1. The standard InChI is InChI=1S/C41H38N4O2.Pt/c1-27-40(30-11-8-7-9-12-30)28(2)45(43-27)31-13-10-14-33(24-31)47-34-15-17-35-36-25-32(46-6)16-18-37(36)44(38(35)26-34)39-23-29(20-22-42-39)19-21-41(3,4)5;/h7-18,20,22-23,25H,19,21H2,1-6H3;/q-2;+2. The molecule has 7 heteroatoms. The van der Waals surface area contributed by atoms with Crippen LogP contribution in [0.4, 0.5) is 0 Å². The second-order valence-corrected chi connectivity index (χ2v) is 13.2. The average Bonchev–Trinajstić information content (AvgIpc) is 3.56. The Morgan fingerprint density at radius 1 is 0.812 bits per heavy atom. The van der Waals surface area contributed by atoms with Gasteiger partial charge < -0.3 is 14.0 Å². The van der Waals surface area contributed by atoms with Crippen molar-refractivity contribution in [3.05, 3.63) is 126 Å². The molecule has 3 aromatic heterocycles. The molecule has 0 saturated carbocycles. The fraction of sp³-hybridized carbons (Fsp3) is 0.220. The summed E-state index contributed by atoms with van der Waals surface area (Å²) in [5, 5.41) is 6.97. The third-order valence-electron chi connectivity index (χ3n) is 8.61. The van der Waals surface area contributed by atoms with Gasteiger partial charge in [-0.2, -0.15) is 17.2 Å². The van der Waals surface area contributed by atoms with E-state index in [0.29, 0.717) is 11.5 Å². The van der Waals surface area contributed by atoms with Crippen LogP contribution in [-0.2, 0) is 27.5 Å². The van der Waals surface area contributed by atoms with E-state index in [0.717, 1.165) is 74.4 Å². The van der Waals surface area contributed by atoms with E-state index < -0.39 is 0 Å². The maximum atomic E-state index is 6.43. The number of nitrogens with zero attached hydrogens (tertiary/aromatic N) is 4. The van der Waals surface area contributed by atoms with Gasteiger partial charge in [0.1, 0.15) is 11.6 Å². The summed E-state index contributed by atoms with van der Waals surface area (Å²) in [5.41, 5.74) is 8.52. The van der Waals surface area contributed by atoms with Crippen molar-refractivity contribution in [3.63, 3.8) is 0 Å². The van der Waals surface area contributed by atoms with Gasteiger partial charge in [0.25, 0.3) is 0 Å². The molecule has 0 radical (unpaired) electrons. The minimum atomic E-state index is 0. The second kappa shape index (κ2) is 13.4. The number of hydrogen-bond acceptors (Lipinski definition) is 4. The Morgan fingerprint density at radius 3 is 2.38 bits per heavy atom. The summed E-state index contributed by atoms with van der Waals surface area (Å²) in [6, 6.07) is 37.7. The zero-order valence-corrected chi connectivity index (χ0v) is 30.3. The molecule has 0 spiro atoms. The zero-order valence-electron chi connectivity index (χ0n) is 28.1. The molecule has 0 fully saturated rings. The van der Waals surface area contributed by atoms with Crippen molar-refractivity contribution in [2.45, 2.75) is 47.5 Å². The monoisotopic (exact) mass is 813 g/mol. The van der Waals surface area contributed by atoms with Gasteiger partial charge in [-0.25, -0.2) is 4.98 Å². The molecule has 244 valence electrons. The first-order chi connectivity index (χ1) is 22.7. The SMILES string of the molecule is COc1ccc2c(c1)c1ccc(Oc3[c-]c(-n4nc(C)c(-c5ccccc5)c4C)ccc3)[c-]c1n2-c1cc(CCC(C)(C)C)ccn1.[Pt+2]. The van der Waals surface area contributed by atoms with Crippen molar-refractivity contribution >= 4 is 21.8 Å². The van der Waals surface area contributed by atoms with E-state index in [1.54, 1.807) is 7.11 Å². The van der Waals surface area contributed by atoms with Gasteiger partial charge in [-0.15, -0.1) is 35.7 Å². The third kappa shape index (κ3) is 6.55. The molecule has 3 heterocycles. The summed E-state index contributed by atoms with van der Waals surface area (Å²) < 4.78 is 16.1. The van der Waals surface area contributed by atoms with E-state index in [2.05, 4.69) is 99.0 Å². The molecule has 7 aromatic rings. The minimum absolute atomic E-state index is 0. The fourth-order valence-corrected chi connectivity index (χ4v) is 6.22. The number of benzene rings is 4. The fourth-order valence-electron chi connectivity index (χ4n) is 6.22. The van der Waals surface area contributed by atoms with Crippen LogP contribution < -0.4 is 9.47 Å². The maximum absolute atomic E-state index is 6.43. The van der Waals surface area contributed by atoms with Crippen molar-refractivity contribution in [2.75, 3.05) is 7.11 Å². The molecule has 6 nitrogen and oxygen atoms in total. The van der Waals surface area contributed by atoms with E-state index in [4.69, 9.17) is 19.6 Å². The average molecular weight is 814 g/mol. The predicted molar refractivity (Wildman–Crippen MR) is 189 cm³/mol. The molecule has 0 unspecified atom stereocenters. The van der Waals surface area contributed by atoms with Crippen molar-refractivity contribution in [2.24, 2.45) is 5.41 Å². The van der Waals surface area contributed by atoms with Crippen LogP contribution in [0, 0.1) is 31.4 Å². The summed E-state index contributed by atoms with van der Waals surface area (Å²) in [5.74, 6) is 2.82. The van der Waals surface area contributed by atoms with Crippen LogP contribution >= 0.6 is 0 Å². The Hall–Kier alpha value is -4.67. The molecule has 0 N–H and O–H groups in total. The number of ether oxygens (including phenoxy) is 2. The van der Waals surface area contributed by atoms with Gasteiger partial charge in [-0.3, -0.25) is 4.68 Å². The summed E-state index contributed by atoms with van der Waals surface area (Å²) in [6.45, 7) is 11.0. The van der Waals surface area contributed by atoms with Gasteiger partial charge in [-0.05, 0) is 84.6 Å². The molecule has 0 aliphatic rings. The van der Waals surface area contributed by atoms with Crippen molar-refractivity contribution in [1.29, 1.82) is 0 Å². The van der Waals surface area contributed by atoms with Crippen molar-refractivity contribution in [1.82, 2.24) is 19.3 Å². The summed E-state index contributed by atoms with van der Waals surface area (Å²) in [4.78, 5) is 4.82. The van der Waals surface area contributed by atoms with Crippen LogP contribution in [0.3, 0.4) is 0 Å². The smallest absolute Gasteiger partial charge is 0.509 e. The summed E-state index contributed by atoms with van der Waals surface area (Å²) in [6.07, 6.45) is 3.97. The molecule has 0 bridgehead atoms. The zero-order chi connectivity index (χ0) is 32.7. The molecule has 4 aromatic carbocycles. The Bertz CT molecular complexity index is 2230. The number of fused-ring (bicyclic) bond motifs is 3. The van der Waals surface area contributed by atoms with Crippen LogP contribution in [0.1, 0.15) is 44.1 Å². The van der Waals surface area contributed by atoms with Crippen LogP contribution in [-0.4, -0.2) is 26.4 Å². The molecular formula is C41H38N4O2Pt. The van der Waals surface area contributed by atoms with Gasteiger partial charge in [0.15, 0.2) is 0 Å². The molecule has 48 heavy (non-hydrogen) atoms. The van der Waals surface area contributed by atoms with E-state index in [1.807, 2.05) is 54.2 Å². The van der Waals surface area contributed by atoms with Gasteiger partial charge >= 0.3 is 21.1 Å². The second-order valence-electron chi connectivity index (χ2n) is 13.2. The first-order valence-corrected chi connectivity index (χ1v) is 16.0. The molecular weight excluding hydrogens is 776 g/mol. The number of methoxy groups -OCH3 is 1. The van der Waals surface area contributed by atoms with Crippen LogP contribution in [0.25, 0.3) is 44.4 Å². The largest absolute Gasteiger partial charge is 2.00 e. The normalized spacial score (nSPS) is 11.5. The van der Waals surface area contributed by atoms with Crippen LogP contribution in [0.2, 0.25) is 0 Å². The van der Waals surface area contributed by atoms with Crippen molar-refractivity contribution < 1.29 is 30.5 Å². The van der Waals surface area contributed by atoms with E-state index >= 15 is 0 Å². The first-order valence-electron chi connectivity index (χ1n) is 16.0. The molecule has 0 aliphatic heterocycles. The Morgan fingerprint density at radius 2 is 1.60 bits per heavy atom. The molecule has 0 saturated heterocycles. The van der Waals surface area contributed by atoms with E-state index in [1.165, 1.54) is 5.56 Å². The van der Waals surface area contributed by atoms with Gasteiger partial charge in [0, 0.05) is 34.5 Å². The Kier molecular flexibility index (Phi) is 9.31. The quantitative estimate of drug-likeness (QED) is 0.144. The van der Waals surface area contributed by atoms with Crippen molar-refractivity contribution in [3.8, 4) is 39.9 Å². The van der Waals surface area contributed by atoms with Gasteiger partial charge in [0.2, 0.25) is 0 Å². The van der Waals surface area contributed by atoms with Gasteiger partial charge in [0.05, 0.1) is 12.8 Å². The van der Waals surface area contributed by atoms with E-state index in [9.17, 15) is 0 Å². The number of rotatable bonds is 8. The van der Waals surface area contributed by atoms with E-state index in [-0.39, 0.29) is 26.5 Å². The molecule has 7 rings (SSSR count). The number of aryl methyl sites for hydroxylation is 2. The minimum Gasteiger partial charge on any atom is -0.509 e. The molecule has 0 atom stereocenters.